The monoisotopic (exact) mass is 1790 g/mol. The van der Waals surface area contributed by atoms with Gasteiger partial charge in [-0.3, -0.25) is 76.7 Å². The Morgan fingerprint density at radius 1 is 0.473 bits per heavy atom. The molecule has 0 aliphatic carbocycles. The molecule has 129 heavy (non-hydrogen) atoms. The van der Waals surface area contributed by atoms with Crippen molar-refractivity contribution < 1.29 is 86.9 Å². The summed E-state index contributed by atoms with van der Waals surface area (Å²) in [5, 5.41) is 45.3. The number of carbonyl (C=O) groups excluding carboxylic acids is 15. The largest absolute Gasteiger partial charge is 0.508 e. The highest BCUT2D eigenvalue weighted by Crippen LogP contribution is 2.24. The molecule has 1 aromatic heterocycles. The number of hydrogen-bond acceptors (Lipinski definition) is 19. The lowest BCUT2D eigenvalue weighted by Gasteiger charge is -2.37. The van der Waals surface area contributed by atoms with Crippen LogP contribution in [0.15, 0.2) is 170 Å². The number of thioether (sulfide) groups is 1. The molecule has 1 fully saturated rings. The number of likely N-dealkylation sites (N-methyl/N-ethyl adjacent to an activating group) is 5. The van der Waals surface area contributed by atoms with Gasteiger partial charge in [0.15, 0.2) is 0 Å². The van der Waals surface area contributed by atoms with Crippen LogP contribution in [-0.2, 0) is 115 Å². The van der Waals surface area contributed by atoms with Gasteiger partial charge >= 0.3 is 5.97 Å². The molecule has 36 heteroatoms. The number of fused-ring (bicyclic) bond motifs is 1. The Hall–Kier alpha value is -13.7. The van der Waals surface area contributed by atoms with Crippen molar-refractivity contribution >= 4 is 123 Å². The topological polar surface area (TPSA) is 506 Å². The van der Waals surface area contributed by atoms with Gasteiger partial charge in [0.05, 0.1) is 31.8 Å². The standard InChI is InChI=1S/C93H119N17O18S/c1-11-12-32-74-91(126)107(7)52-79(114)99-70(48-81(116)117)87(122)105-82(56(4)5)93(128)109(9)75(45-58-26-18-14-19-27-58)88(123)103-71(44-60-33-37-63(94)38-34-60)89(124)106(6)51-78(113)98-69(47-62-49-96-66-31-23-22-30-65(62)66)86(121)102-68(42-61-35-39-64(111)40-36-61)85(120)101-67(41-55(2)3)84(119)104-73(83(118)97-50-77(95)112)53-129-54-80(115)100-72(43-57-24-16-13-17-25-57)90(125)110(10)76(92(127)108(74)8)46-59-28-20-15-21-29-59/h13-31,33-40,49,55-56,67-76,82,96,111H,11-12,32,41-48,50-54,94H2,1-10H3,(H2,95,112)(H,97,118)(H,98,113)(H,99,114)(H,100,115)(H,101,120)(H,102,121)(H,103,123)(H,104,119)(H,105,122)(H,116,117)/t67-,68-,69-,70-,71-,72-,73-,74-,75-,76-,82-/m0/s1. The number of nitrogens with one attached hydrogen (secondary N) is 10. The zero-order valence-corrected chi connectivity index (χ0v) is 75.0. The fourth-order valence-electron chi connectivity index (χ4n) is 15.0. The number of hydrogen-bond donors (Lipinski definition) is 14. The molecule has 0 radical (unpaired) electrons. The third kappa shape index (κ3) is 30.5. The van der Waals surface area contributed by atoms with E-state index in [-0.39, 0.29) is 68.8 Å². The van der Waals surface area contributed by atoms with Gasteiger partial charge < -0.3 is 99.0 Å². The van der Waals surface area contributed by atoms with Crippen molar-refractivity contribution in [2.45, 2.75) is 172 Å². The molecular formula is C93H119N17O18S. The van der Waals surface area contributed by atoms with Crippen molar-refractivity contribution in [3.05, 3.63) is 203 Å². The van der Waals surface area contributed by atoms with Crippen LogP contribution in [0.3, 0.4) is 0 Å². The Morgan fingerprint density at radius 3 is 1.49 bits per heavy atom. The normalized spacial score (nSPS) is 21.9. The minimum absolute atomic E-state index is 0.0337. The van der Waals surface area contributed by atoms with Crippen molar-refractivity contribution in [2.75, 3.05) is 72.1 Å². The Balaban J connectivity index is 1.21. The van der Waals surface area contributed by atoms with Gasteiger partial charge in [0, 0.05) is 102 Å². The van der Waals surface area contributed by atoms with Crippen molar-refractivity contribution in [1.82, 2.24) is 77.3 Å². The summed E-state index contributed by atoms with van der Waals surface area (Å²) in [6.45, 7) is 6.23. The second-order valence-corrected chi connectivity index (χ2v) is 34.2. The number of phenolic OH excluding ortho intramolecular Hbond substituents is 1. The van der Waals surface area contributed by atoms with E-state index in [0.29, 0.717) is 62.8 Å². The van der Waals surface area contributed by atoms with Crippen LogP contribution in [0.4, 0.5) is 5.69 Å². The van der Waals surface area contributed by atoms with Crippen LogP contribution in [0, 0.1) is 11.8 Å². The summed E-state index contributed by atoms with van der Waals surface area (Å²) in [6.07, 6.45) is 0.217. The Labute approximate surface area is 753 Å². The predicted octanol–water partition coefficient (Wildman–Crippen LogP) is 2.20. The molecule has 8 rings (SSSR count). The molecule has 16 N–H and O–H groups in total. The lowest BCUT2D eigenvalue weighted by molar-refractivity contribution is -0.151. The number of anilines is 1. The maximum Gasteiger partial charge on any atom is 0.305 e. The van der Waals surface area contributed by atoms with E-state index >= 15 is 38.4 Å². The molecule has 7 aromatic rings. The number of H-pyrrole nitrogens is 1. The van der Waals surface area contributed by atoms with E-state index in [2.05, 4.69) is 52.8 Å². The molecule has 15 amide bonds. The number of primary amides is 1. The van der Waals surface area contributed by atoms with Crippen LogP contribution in [-0.4, -0.2) is 267 Å². The average Bonchev–Trinajstić information content (AvgIpc) is 1.50. The lowest BCUT2D eigenvalue weighted by Crippen LogP contribution is -2.61. The molecule has 1 aliphatic heterocycles. The number of aliphatic carboxylic acids is 1. The van der Waals surface area contributed by atoms with Crippen LogP contribution < -0.4 is 59.3 Å². The number of aromatic nitrogens is 1. The first kappa shape index (κ1) is 101. The maximum atomic E-state index is 15.5. The van der Waals surface area contributed by atoms with Crippen molar-refractivity contribution in [1.29, 1.82) is 0 Å². The van der Waals surface area contributed by atoms with Crippen molar-refractivity contribution in [2.24, 2.45) is 17.6 Å². The average molecular weight is 1800 g/mol. The number of rotatable bonds is 23. The van der Waals surface area contributed by atoms with Crippen LogP contribution >= 0.6 is 11.8 Å². The number of aromatic hydroxyl groups is 1. The fraction of sp³-hybridized carbons (Fsp3) is 0.419. The van der Waals surface area contributed by atoms with Gasteiger partial charge in [-0.15, -0.1) is 11.8 Å². The van der Waals surface area contributed by atoms with Gasteiger partial charge in [0.25, 0.3) is 0 Å². The van der Waals surface area contributed by atoms with E-state index in [1.165, 1.54) is 69.3 Å². The summed E-state index contributed by atoms with van der Waals surface area (Å²) >= 11 is 0.832. The number of carboxylic acid groups (broad SMARTS) is 1. The summed E-state index contributed by atoms with van der Waals surface area (Å²) in [6, 6.07) is 28.2. The quantitative estimate of drug-likeness (QED) is 0.0408. The molecule has 35 nitrogen and oxygen atoms in total. The van der Waals surface area contributed by atoms with E-state index in [1.54, 1.807) is 173 Å². The number of benzene rings is 6. The predicted molar refractivity (Wildman–Crippen MR) is 485 cm³/mol. The molecule has 0 unspecified atom stereocenters. The first-order chi connectivity index (χ1) is 61.4. The molecule has 690 valence electrons. The Morgan fingerprint density at radius 2 is 0.930 bits per heavy atom. The highest BCUT2D eigenvalue weighted by molar-refractivity contribution is 8.00. The third-order valence-electron chi connectivity index (χ3n) is 22.1. The van der Waals surface area contributed by atoms with Gasteiger partial charge in [0.2, 0.25) is 88.6 Å². The Bertz CT molecular complexity index is 5070. The molecule has 1 aliphatic rings. The number of unbranched alkanes of at least 4 members (excludes halogenated alkanes) is 1. The molecule has 0 spiro atoms. The van der Waals surface area contributed by atoms with E-state index in [1.807, 2.05) is 6.92 Å². The van der Waals surface area contributed by atoms with Crippen LogP contribution in [0.1, 0.15) is 100 Å². The number of nitrogens with zero attached hydrogens (tertiary/aromatic N) is 5. The molecule has 0 bridgehead atoms. The zero-order valence-electron chi connectivity index (χ0n) is 74.2. The van der Waals surface area contributed by atoms with Crippen molar-refractivity contribution in [3.8, 4) is 5.75 Å². The first-order valence-electron chi connectivity index (χ1n) is 42.7. The number of amides is 15. The molecule has 1 saturated heterocycles. The summed E-state index contributed by atoms with van der Waals surface area (Å²) in [5.41, 5.74) is 15.7. The second kappa shape index (κ2) is 48.9. The number of carboxylic acids is 1. The number of phenols is 1. The number of aromatic amines is 1. The fourth-order valence-corrected chi connectivity index (χ4v) is 15.8. The highest BCUT2D eigenvalue weighted by Gasteiger charge is 2.42. The van der Waals surface area contributed by atoms with E-state index < -0.39 is 199 Å². The van der Waals surface area contributed by atoms with E-state index in [9.17, 15) is 48.6 Å². The number of nitrogen functional groups attached to an aromatic ring is 1. The minimum atomic E-state index is -1.90. The molecular weight excluding hydrogens is 1680 g/mol. The first-order valence-corrected chi connectivity index (χ1v) is 43.9. The molecule has 6 aromatic carbocycles. The van der Waals surface area contributed by atoms with Gasteiger partial charge in [0.1, 0.15) is 72.2 Å². The molecule has 0 saturated carbocycles. The number of carbonyl (C=O) groups is 16. The van der Waals surface area contributed by atoms with E-state index in [0.717, 1.165) is 26.5 Å². The van der Waals surface area contributed by atoms with Gasteiger partial charge in [-0.25, -0.2) is 0 Å². The van der Waals surface area contributed by atoms with Crippen LogP contribution in [0.5, 0.6) is 5.75 Å². The van der Waals surface area contributed by atoms with E-state index in [4.69, 9.17) is 11.5 Å². The van der Waals surface area contributed by atoms with Crippen molar-refractivity contribution in [3.63, 3.8) is 0 Å². The van der Waals surface area contributed by atoms with Gasteiger partial charge in [-0.1, -0.05) is 181 Å². The number of nitrogens with two attached hydrogens (primary N) is 2. The summed E-state index contributed by atoms with van der Waals surface area (Å²) in [5.74, 6) is -17.1. The SMILES string of the molecule is CCCC[C@H]1C(=O)N(C)CC(=O)N[C@@H](CC(=O)O)C(=O)N[C@@H](C(C)C)C(=O)N(C)[C@@H](Cc2ccccc2)C(=O)N[C@@H](Cc2ccc(N)cc2)C(=O)N(C)CC(=O)N[C@@H](Cc2c[nH]c3ccccc23)C(=O)N[C@@H](Cc2ccc(O)cc2)C(=O)N[C@@H](CC(C)C)C(=O)N[C@H](C(=O)NCC(N)=O)CSCC(=O)N[C@@H](Cc2ccccc2)C(=O)N(C)[C@@H](Cc2ccccc2)C(=O)N1C. The zero-order chi connectivity index (χ0) is 94.3. The molecule has 11 atom stereocenters. The second-order valence-electron chi connectivity index (χ2n) is 33.1. The lowest BCUT2D eigenvalue weighted by atomic mass is 9.98. The van der Waals surface area contributed by atoms with Crippen LogP contribution in [0.2, 0.25) is 0 Å². The molecule has 2 heterocycles. The van der Waals surface area contributed by atoms with Crippen LogP contribution in [0.25, 0.3) is 10.9 Å². The third-order valence-corrected chi connectivity index (χ3v) is 23.1. The highest BCUT2D eigenvalue weighted by atomic mass is 32.2. The smallest absolute Gasteiger partial charge is 0.305 e. The number of para-hydroxylation sites is 1. The van der Waals surface area contributed by atoms with Gasteiger partial charge in [-0.05, 0) is 88.4 Å². The minimum Gasteiger partial charge on any atom is -0.508 e. The Kier molecular flexibility index (Phi) is 38.2. The maximum absolute atomic E-state index is 15.5. The summed E-state index contributed by atoms with van der Waals surface area (Å²) < 4.78 is 0. The summed E-state index contributed by atoms with van der Waals surface area (Å²) in [4.78, 5) is 244. The van der Waals surface area contributed by atoms with Gasteiger partial charge in [-0.2, -0.15) is 0 Å². The summed E-state index contributed by atoms with van der Waals surface area (Å²) in [7, 11) is 6.58.